The second kappa shape index (κ2) is 6.91. The highest BCUT2D eigenvalue weighted by Crippen LogP contribution is 2.22. The lowest BCUT2D eigenvalue weighted by Gasteiger charge is -2.17. The molecule has 1 unspecified atom stereocenters. The highest BCUT2D eigenvalue weighted by Gasteiger charge is 2.20. The van der Waals surface area contributed by atoms with Gasteiger partial charge in [0.25, 0.3) is 0 Å². The van der Waals surface area contributed by atoms with Crippen molar-refractivity contribution >= 4 is 17.6 Å². The number of hydrogen-bond acceptors (Lipinski definition) is 4. The standard InChI is InChI=1S/C14H20N2O4/c1-8(2)5-9(7-15)13(18)16-12-4-3-10(17)6-11(12)14(19)20/h3-4,6,8-9,17H,5,7,15H2,1-2H3,(H,16,18)(H,19,20). The van der Waals surface area contributed by atoms with Crippen molar-refractivity contribution in [3.63, 3.8) is 0 Å². The third-order valence-electron chi connectivity index (χ3n) is 2.90. The lowest BCUT2D eigenvalue weighted by atomic mass is 9.96. The van der Waals surface area contributed by atoms with Crippen molar-refractivity contribution in [2.75, 3.05) is 11.9 Å². The van der Waals surface area contributed by atoms with Gasteiger partial charge in [-0.05, 0) is 30.5 Å². The summed E-state index contributed by atoms with van der Waals surface area (Å²) in [5, 5.41) is 20.9. The van der Waals surface area contributed by atoms with Gasteiger partial charge in [0.2, 0.25) is 5.91 Å². The number of aromatic carboxylic acids is 1. The molecule has 5 N–H and O–H groups in total. The lowest BCUT2D eigenvalue weighted by Crippen LogP contribution is -2.30. The van der Waals surface area contributed by atoms with Crippen LogP contribution in [-0.2, 0) is 4.79 Å². The van der Waals surface area contributed by atoms with Crippen molar-refractivity contribution < 1.29 is 19.8 Å². The molecule has 6 nitrogen and oxygen atoms in total. The molecule has 1 aromatic rings. The van der Waals surface area contributed by atoms with E-state index in [1.54, 1.807) is 0 Å². The van der Waals surface area contributed by atoms with E-state index in [0.29, 0.717) is 12.3 Å². The van der Waals surface area contributed by atoms with E-state index in [-0.39, 0.29) is 35.4 Å². The number of phenolic OH excluding ortho intramolecular Hbond substituents is 1. The van der Waals surface area contributed by atoms with Crippen LogP contribution >= 0.6 is 0 Å². The summed E-state index contributed by atoms with van der Waals surface area (Å²) in [6, 6.07) is 3.78. The van der Waals surface area contributed by atoms with Gasteiger partial charge in [-0.2, -0.15) is 0 Å². The summed E-state index contributed by atoms with van der Waals surface area (Å²) in [4.78, 5) is 23.2. The largest absolute Gasteiger partial charge is 0.508 e. The van der Waals surface area contributed by atoms with Crippen molar-refractivity contribution in [2.45, 2.75) is 20.3 Å². The molecule has 110 valence electrons. The molecule has 6 heteroatoms. The molecule has 20 heavy (non-hydrogen) atoms. The zero-order valence-corrected chi connectivity index (χ0v) is 11.6. The zero-order valence-electron chi connectivity index (χ0n) is 11.6. The van der Waals surface area contributed by atoms with Crippen LogP contribution in [0.25, 0.3) is 0 Å². The summed E-state index contributed by atoms with van der Waals surface area (Å²) in [6.45, 7) is 4.17. The number of carbonyl (C=O) groups is 2. The van der Waals surface area contributed by atoms with E-state index < -0.39 is 5.97 Å². The van der Waals surface area contributed by atoms with Crippen molar-refractivity contribution in [1.29, 1.82) is 0 Å². The number of anilines is 1. The van der Waals surface area contributed by atoms with Crippen LogP contribution in [0.1, 0.15) is 30.6 Å². The van der Waals surface area contributed by atoms with Gasteiger partial charge in [-0.15, -0.1) is 0 Å². The smallest absolute Gasteiger partial charge is 0.337 e. The predicted molar refractivity (Wildman–Crippen MR) is 75.7 cm³/mol. The summed E-state index contributed by atoms with van der Waals surface area (Å²) >= 11 is 0. The van der Waals surface area contributed by atoms with Gasteiger partial charge in [0, 0.05) is 6.54 Å². The molecule has 0 aliphatic carbocycles. The fourth-order valence-corrected chi connectivity index (χ4v) is 1.93. The van der Waals surface area contributed by atoms with Crippen molar-refractivity contribution in [3.05, 3.63) is 23.8 Å². The van der Waals surface area contributed by atoms with Gasteiger partial charge in [-0.3, -0.25) is 4.79 Å². The first-order chi connectivity index (χ1) is 9.35. The first kappa shape index (κ1) is 16.0. The number of hydrogen-bond donors (Lipinski definition) is 4. The number of nitrogens with two attached hydrogens (primary N) is 1. The van der Waals surface area contributed by atoms with E-state index in [2.05, 4.69) is 5.32 Å². The average molecular weight is 280 g/mol. The maximum atomic E-state index is 12.1. The maximum absolute atomic E-state index is 12.1. The third-order valence-corrected chi connectivity index (χ3v) is 2.90. The second-order valence-corrected chi connectivity index (χ2v) is 5.09. The van der Waals surface area contributed by atoms with Gasteiger partial charge in [0.05, 0.1) is 17.2 Å². The molecule has 0 bridgehead atoms. The van der Waals surface area contributed by atoms with E-state index in [4.69, 9.17) is 10.8 Å². The second-order valence-electron chi connectivity index (χ2n) is 5.09. The monoisotopic (exact) mass is 280 g/mol. The number of aromatic hydroxyl groups is 1. The van der Waals surface area contributed by atoms with Crippen LogP contribution in [0.3, 0.4) is 0 Å². The summed E-state index contributed by atoms with van der Waals surface area (Å²) in [5.74, 6) is -1.75. The molecule has 0 saturated carbocycles. The van der Waals surface area contributed by atoms with Crippen molar-refractivity contribution in [2.24, 2.45) is 17.6 Å². The Balaban J connectivity index is 2.92. The van der Waals surface area contributed by atoms with Crippen molar-refractivity contribution in [1.82, 2.24) is 0 Å². The summed E-state index contributed by atoms with van der Waals surface area (Å²) in [6.07, 6.45) is 0.628. The van der Waals surface area contributed by atoms with E-state index in [1.165, 1.54) is 12.1 Å². The number of carbonyl (C=O) groups excluding carboxylic acids is 1. The van der Waals surface area contributed by atoms with E-state index in [9.17, 15) is 14.7 Å². The quantitative estimate of drug-likeness (QED) is 0.592. The molecule has 0 spiro atoms. The Morgan fingerprint density at radius 2 is 2.00 bits per heavy atom. The van der Waals surface area contributed by atoms with Crippen LogP contribution in [-0.4, -0.2) is 28.6 Å². The number of nitrogens with one attached hydrogen (secondary N) is 1. The molecule has 0 heterocycles. The molecular weight excluding hydrogens is 260 g/mol. The average Bonchev–Trinajstić information content (AvgIpc) is 2.37. The minimum absolute atomic E-state index is 0.154. The fraction of sp³-hybridized carbons (Fsp3) is 0.429. The number of carboxylic acid groups (broad SMARTS) is 1. The van der Waals surface area contributed by atoms with E-state index in [0.717, 1.165) is 6.07 Å². The Labute approximate surface area is 117 Å². The molecule has 1 amide bonds. The Bertz CT molecular complexity index is 500. The molecule has 0 aliphatic heterocycles. The van der Waals surface area contributed by atoms with Crippen molar-refractivity contribution in [3.8, 4) is 5.75 Å². The molecule has 0 saturated heterocycles. The van der Waals surface area contributed by atoms with Gasteiger partial charge in [-0.1, -0.05) is 13.8 Å². The molecule has 1 aromatic carbocycles. The zero-order chi connectivity index (χ0) is 15.3. The topological polar surface area (TPSA) is 113 Å². The summed E-state index contributed by atoms with van der Waals surface area (Å²) < 4.78 is 0. The van der Waals surface area contributed by atoms with Gasteiger partial charge >= 0.3 is 5.97 Å². The highest BCUT2D eigenvalue weighted by atomic mass is 16.4. The SMILES string of the molecule is CC(C)CC(CN)C(=O)Nc1ccc(O)cc1C(=O)O. The predicted octanol–water partition coefficient (Wildman–Crippen LogP) is 1.65. The Morgan fingerprint density at radius 1 is 1.35 bits per heavy atom. The van der Waals surface area contributed by atoms with Gasteiger partial charge < -0.3 is 21.3 Å². The summed E-state index contributed by atoms with van der Waals surface area (Å²) in [7, 11) is 0. The van der Waals surface area contributed by atoms with E-state index >= 15 is 0 Å². The van der Waals surface area contributed by atoms with Crippen LogP contribution in [0.2, 0.25) is 0 Å². The van der Waals surface area contributed by atoms with Gasteiger partial charge in [-0.25, -0.2) is 4.79 Å². The third kappa shape index (κ3) is 4.24. The van der Waals surface area contributed by atoms with Crippen LogP contribution in [0.5, 0.6) is 5.75 Å². The van der Waals surface area contributed by atoms with E-state index in [1.807, 2.05) is 13.8 Å². The fourth-order valence-electron chi connectivity index (χ4n) is 1.93. The number of carboxylic acids is 1. The van der Waals surface area contributed by atoms with Gasteiger partial charge in [0.15, 0.2) is 0 Å². The minimum atomic E-state index is -1.22. The summed E-state index contributed by atoms with van der Waals surface area (Å²) in [5.41, 5.74) is 5.58. The van der Waals surface area contributed by atoms with Crippen LogP contribution in [0.15, 0.2) is 18.2 Å². The van der Waals surface area contributed by atoms with Crippen LogP contribution in [0.4, 0.5) is 5.69 Å². The number of phenols is 1. The molecule has 0 aromatic heterocycles. The number of benzene rings is 1. The number of amides is 1. The molecule has 0 aliphatic rings. The highest BCUT2D eigenvalue weighted by molar-refractivity contribution is 6.01. The normalized spacial score (nSPS) is 12.2. The molecule has 0 fully saturated rings. The molecule has 1 rings (SSSR count). The first-order valence-corrected chi connectivity index (χ1v) is 6.42. The molecule has 0 radical (unpaired) electrons. The Hall–Kier alpha value is -2.08. The Morgan fingerprint density at radius 3 is 2.50 bits per heavy atom. The first-order valence-electron chi connectivity index (χ1n) is 6.42. The lowest BCUT2D eigenvalue weighted by molar-refractivity contribution is -0.120. The van der Waals surface area contributed by atoms with Gasteiger partial charge in [0.1, 0.15) is 5.75 Å². The minimum Gasteiger partial charge on any atom is -0.508 e. The maximum Gasteiger partial charge on any atom is 0.337 e. The van der Waals surface area contributed by atoms with Crippen LogP contribution in [0, 0.1) is 11.8 Å². The number of rotatable bonds is 6. The molecular formula is C14H20N2O4. The molecule has 1 atom stereocenters. The van der Waals surface area contributed by atoms with Crippen LogP contribution < -0.4 is 11.1 Å². The Kier molecular flexibility index (Phi) is 5.52.